The number of ether oxygens (including phenoxy) is 1. The molecule has 1 amide bonds. The first-order chi connectivity index (χ1) is 10.6. The number of carbonyl (C=O) groups excluding carboxylic acids is 1. The van der Waals surface area contributed by atoms with Crippen molar-refractivity contribution in [3.05, 3.63) is 59.2 Å². The summed E-state index contributed by atoms with van der Waals surface area (Å²) < 4.78 is 5.34. The average molecular weight is 297 g/mol. The number of anilines is 1. The van der Waals surface area contributed by atoms with E-state index in [9.17, 15) is 4.79 Å². The highest BCUT2D eigenvalue weighted by Crippen LogP contribution is 2.25. The molecule has 0 spiro atoms. The predicted octanol–water partition coefficient (Wildman–Crippen LogP) is 4.77. The Bertz CT molecular complexity index is 647. The SMILES string of the molecule is CCC(C)c1ccc(NC(=O)c2cccc(C)c2OC)cc1. The van der Waals surface area contributed by atoms with Gasteiger partial charge in [-0.2, -0.15) is 0 Å². The Morgan fingerprint density at radius 1 is 1.18 bits per heavy atom. The molecule has 0 saturated carbocycles. The summed E-state index contributed by atoms with van der Waals surface area (Å²) in [7, 11) is 1.58. The Kier molecular flexibility index (Phi) is 5.21. The van der Waals surface area contributed by atoms with E-state index >= 15 is 0 Å². The van der Waals surface area contributed by atoms with Crippen molar-refractivity contribution >= 4 is 11.6 Å². The molecule has 1 unspecified atom stereocenters. The molecule has 2 aromatic rings. The molecule has 0 aromatic heterocycles. The molecule has 3 heteroatoms. The second-order valence-electron chi connectivity index (χ2n) is 5.54. The lowest BCUT2D eigenvalue weighted by Crippen LogP contribution is -2.13. The molecule has 0 aliphatic heterocycles. The standard InChI is InChI=1S/C19H23NO2/c1-5-13(2)15-9-11-16(12-10-15)20-19(21)17-8-6-7-14(3)18(17)22-4/h6-13H,5H2,1-4H3,(H,20,21). The zero-order valence-corrected chi connectivity index (χ0v) is 13.6. The molecule has 2 rings (SSSR count). The largest absolute Gasteiger partial charge is 0.496 e. The fourth-order valence-corrected chi connectivity index (χ4v) is 2.43. The number of benzene rings is 2. The van der Waals surface area contributed by atoms with Crippen LogP contribution in [0, 0.1) is 6.92 Å². The van der Waals surface area contributed by atoms with E-state index in [4.69, 9.17) is 4.74 Å². The Morgan fingerprint density at radius 2 is 1.86 bits per heavy atom. The number of para-hydroxylation sites is 1. The maximum Gasteiger partial charge on any atom is 0.259 e. The number of amides is 1. The smallest absolute Gasteiger partial charge is 0.259 e. The van der Waals surface area contributed by atoms with Crippen molar-refractivity contribution in [1.82, 2.24) is 0 Å². The summed E-state index contributed by atoms with van der Waals surface area (Å²) in [6.07, 6.45) is 1.10. The van der Waals surface area contributed by atoms with Crippen molar-refractivity contribution in [3.8, 4) is 5.75 Å². The highest BCUT2D eigenvalue weighted by Gasteiger charge is 2.14. The van der Waals surface area contributed by atoms with Gasteiger partial charge >= 0.3 is 0 Å². The molecule has 2 aromatic carbocycles. The first-order valence-corrected chi connectivity index (χ1v) is 7.61. The van der Waals surface area contributed by atoms with Gasteiger partial charge in [-0.1, -0.05) is 38.1 Å². The highest BCUT2D eigenvalue weighted by molar-refractivity contribution is 6.06. The lowest BCUT2D eigenvalue weighted by molar-refractivity contribution is 0.102. The fourth-order valence-electron chi connectivity index (χ4n) is 2.43. The van der Waals surface area contributed by atoms with E-state index < -0.39 is 0 Å². The molecule has 1 N–H and O–H groups in total. The third-order valence-corrected chi connectivity index (χ3v) is 4.01. The molecule has 3 nitrogen and oxygen atoms in total. The van der Waals surface area contributed by atoms with E-state index in [0.717, 1.165) is 17.7 Å². The van der Waals surface area contributed by atoms with Gasteiger partial charge in [-0.15, -0.1) is 0 Å². The number of carbonyl (C=O) groups is 1. The number of methoxy groups -OCH3 is 1. The van der Waals surface area contributed by atoms with E-state index in [0.29, 0.717) is 17.2 Å². The van der Waals surface area contributed by atoms with Gasteiger partial charge in [0.25, 0.3) is 5.91 Å². The Morgan fingerprint density at radius 3 is 2.45 bits per heavy atom. The molecule has 22 heavy (non-hydrogen) atoms. The lowest BCUT2D eigenvalue weighted by atomic mass is 9.98. The summed E-state index contributed by atoms with van der Waals surface area (Å²) in [4.78, 5) is 12.4. The van der Waals surface area contributed by atoms with Crippen molar-refractivity contribution in [2.45, 2.75) is 33.1 Å². The number of hydrogen-bond donors (Lipinski definition) is 1. The van der Waals surface area contributed by atoms with Crippen LogP contribution in [-0.2, 0) is 0 Å². The quantitative estimate of drug-likeness (QED) is 0.863. The Labute approximate surface area is 132 Å². The van der Waals surface area contributed by atoms with Gasteiger partial charge in [0.2, 0.25) is 0 Å². The van der Waals surface area contributed by atoms with Crippen LogP contribution in [0.5, 0.6) is 5.75 Å². The van der Waals surface area contributed by atoms with E-state index in [1.165, 1.54) is 5.56 Å². The fraction of sp³-hybridized carbons (Fsp3) is 0.316. The molecule has 0 fully saturated rings. The normalized spacial score (nSPS) is 11.8. The summed E-state index contributed by atoms with van der Waals surface area (Å²) in [6, 6.07) is 13.6. The monoisotopic (exact) mass is 297 g/mol. The minimum Gasteiger partial charge on any atom is -0.496 e. The molecule has 0 radical (unpaired) electrons. The van der Waals surface area contributed by atoms with Gasteiger partial charge in [0.05, 0.1) is 12.7 Å². The van der Waals surface area contributed by atoms with Crippen LogP contribution in [0.15, 0.2) is 42.5 Å². The first kappa shape index (κ1) is 16.1. The van der Waals surface area contributed by atoms with Crippen LogP contribution in [-0.4, -0.2) is 13.0 Å². The van der Waals surface area contributed by atoms with Crippen LogP contribution in [0.1, 0.15) is 47.7 Å². The average Bonchev–Trinajstić information content (AvgIpc) is 2.54. The van der Waals surface area contributed by atoms with Gasteiger partial charge in [-0.3, -0.25) is 4.79 Å². The summed E-state index contributed by atoms with van der Waals surface area (Å²) in [5.74, 6) is 0.995. The second-order valence-corrected chi connectivity index (χ2v) is 5.54. The molecule has 0 aliphatic rings. The van der Waals surface area contributed by atoms with Gasteiger partial charge in [-0.25, -0.2) is 0 Å². The summed E-state index contributed by atoms with van der Waals surface area (Å²) in [5, 5.41) is 2.93. The maximum absolute atomic E-state index is 12.4. The van der Waals surface area contributed by atoms with Gasteiger partial charge in [0.1, 0.15) is 5.75 Å². The van der Waals surface area contributed by atoms with Crippen LogP contribution in [0.4, 0.5) is 5.69 Å². The Hall–Kier alpha value is -2.29. The first-order valence-electron chi connectivity index (χ1n) is 7.61. The molecule has 0 saturated heterocycles. The number of hydrogen-bond acceptors (Lipinski definition) is 2. The van der Waals surface area contributed by atoms with E-state index in [1.807, 2.05) is 31.2 Å². The third-order valence-electron chi connectivity index (χ3n) is 4.01. The van der Waals surface area contributed by atoms with E-state index in [2.05, 4.69) is 31.3 Å². The minimum absolute atomic E-state index is 0.156. The molecule has 0 aliphatic carbocycles. The summed E-state index contributed by atoms with van der Waals surface area (Å²) in [6.45, 7) is 6.30. The van der Waals surface area contributed by atoms with Gasteiger partial charge < -0.3 is 10.1 Å². The predicted molar refractivity (Wildman–Crippen MR) is 90.8 cm³/mol. The molecule has 1 atom stereocenters. The summed E-state index contributed by atoms with van der Waals surface area (Å²) in [5.41, 5.74) is 3.57. The summed E-state index contributed by atoms with van der Waals surface area (Å²) >= 11 is 0. The van der Waals surface area contributed by atoms with Crippen LogP contribution >= 0.6 is 0 Å². The van der Waals surface area contributed by atoms with Crippen molar-refractivity contribution < 1.29 is 9.53 Å². The number of nitrogens with one attached hydrogen (secondary N) is 1. The van der Waals surface area contributed by atoms with Crippen LogP contribution < -0.4 is 10.1 Å². The van der Waals surface area contributed by atoms with Gasteiger partial charge in [-0.05, 0) is 48.6 Å². The van der Waals surface area contributed by atoms with Gasteiger partial charge in [0.15, 0.2) is 0 Å². The zero-order valence-electron chi connectivity index (χ0n) is 13.6. The lowest BCUT2D eigenvalue weighted by Gasteiger charge is -2.13. The third kappa shape index (κ3) is 3.48. The minimum atomic E-state index is -0.156. The van der Waals surface area contributed by atoms with E-state index in [1.54, 1.807) is 13.2 Å². The number of rotatable bonds is 5. The van der Waals surface area contributed by atoms with Crippen LogP contribution in [0.25, 0.3) is 0 Å². The number of aryl methyl sites for hydroxylation is 1. The maximum atomic E-state index is 12.4. The Balaban J connectivity index is 2.17. The van der Waals surface area contributed by atoms with Crippen molar-refractivity contribution in [2.75, 3.05) is 12.4 Å². The van der Waals surface area contributed by atoms with Crippen molar-refractivity contribution in [3.63, 3.8) is 0 Å². The zero-order chi connectivity index (χ0) is 16.1. The second kappa shape index (κ2) is 7.12. The van der Waals surface area contributed by atoms with Crippen molar-refractivity contribution in [2.24, 2.45) is 0 Å². The molecule has 116 valence electrons. The molecular formula is C19H23NO2. The highest BCUT2D eigenvalue weighted by atomic mass is 16.5. The van der Waals surface area contributed by atoms with Gasteiger partial charge in [0, 0.05) is 5.69 Å². The van der Waals surface area contributed by atoms with Crippen molar-refractivity contribution in [1.29, 1.82) is 0 Å². The van der Waals surface area contributed by atoms with Crippen LogP contribution in [0.2, 0.25) is 0 Å². The topological polar surface area (TPSA) is 38.3 Å². The molecular weight excluding hydrogens is 274 g/mol. The molecule has 0 heterocycles. The molecule has 0 bridgehead atoms. The van der Waals surface area contributed by atoms with E-state index in [-0.39, 0.29) is 5.91 Å². The van der Waals surface area contributed by atoms with Crippen LogP contribution in [0.3, 0.4) is 0 Å².